The van der Waals surface area contributed by atoms with Gasteiger partial charge in [0.05, 0.1) is 0 Å². The van der Waals surface area contributed by atoms with E-state index in [1.807, 2.05) is 0 Å². The summed E-state index contributed by atoms with van der Waals surface area (Å²) in [4.78, 5) is 19.4. The number of nitrogens with zero attached hydrogens (tertiary/aromatic N) is 3. The number of rotatable bonds is 4. The number of likely N-dealkylation sites (tertiary alicyclic amines) is 1. The summed E-state index contributed by atoms with van der Waals surface area (Å²) in [6, 6.07) is 11.4. The number of piperazine rings is 1. The zero-order valence-electron chi connectivity index (χ0n) is 13.9. The lowest BCUT2D eigenvalue weighted by atomic mass is 10.2. The third-order valence-electron chi connectivity index (χ3n) is 5.57. The average molecular weight is 313 g/mol. The molecule has 2 aliphatic heterocycles. The monoisotopic (exact) mass is 313 g/mol. The molecule has 3 aliphatic rings. The molecule has 1 aliphatic carbocycles. The highest BCUT2D eigenvalue weighted by atomic mass is 16.2. The maximum Gasteiger partial charge on any atom is 0.225 e. The van der Waals surface area contributed by atoms with Gasteiger partial charge in [0, 0.05) is 57.8 Å². The summed E-state index contributed by atoms with van der Waals surface area (Å²) in [5, 5.41) is 0. The molecule has 1 amide bonds. The van der Waals surface area contributed by atoms with Gasteiger partial charge in [-0.3, -0.25) is 14.6 Å². The molecule has 1 atom stereocenters. The normalized spacial score (nSPS) is 26.6. The molecule has 0 aromatic heterocycles. The molecule has 0 radical (unpaired) electrons. The summed E-state index contributed by atoms with van der Waals surface area (Å²) in [5.74, 6) is 0.788. The van der Waals surface area contributed by atoms with Crippen LogP contribution in [0.4, 0.5) is 0 Å². The first-order valence-electron chi connectivity index (χ1n) is 9.09. The van der Waals surface area contributed by atoms with Crippen LogP contribution in [0.5, 0.6) is 0 Å². The first-order chi connectivity index (χ1) is 11.3. The Morgan fingerprint density at radius 1 is 0.957 bits per heavy atom. The molecule has 2 saturated heterocycles. The Kier molecular flexibility index (Phi) is 4.36. The Labute approximate surface area is 139 Å². The second-order valence-electron chi connectivity index (χ2n) is 7.30. The molecule has 4 rings (SSSR count). The molecule has 0 N–H and O–H groups in total. The standard InChI is InChI=1S/C19H27N3O/c23-19(17-6-7-17)22-12-10-21(11-13-22)18-8-9-20(15-18)14-16-4-2-1-3-5-16/h1-5,17-18H,6-15H2/t18-/m1/s1. The summed E-state index contributed by atoms with van der Waals surface area (Å²) in [6.45, 7) is 7.42. The second kappa shape index (κ2) is 6.62. The number of amides is 1. The Balaban J connectivity index is 1.25. The molecule has 0 spiro atoms. The molecule has 1 aromatic rings. The molecule has 4 nitrogen and oxygen atoms in total. The Hall–Kier alpha value is -1.39. The maximum atomic E-state index is 12.1. The highest BCUT2D eigenvalue weighted by molar-refractivity contribution is 5.81. The molecule has 0 unspecified atom stereocenters. The first kappa shape index (κ1) is 15.2. The fraction of sp³-hybridized carbons (Fsp3) is 0.632. The van der Waals surface area contributed by atoms with Gasteiger partial charge in [0.1, 0.15) is 0 Å². The van der Waals surface area contributed by atoms with Crippen molar-refractivity contribution in [2.24, 2.45) is 5.92 Å². The summed E-state index contributed by atoms with van der Waals surface area (Å²) >= 11 is 0. The summed E-state index contributed by atoms with van der Waals surface area (Å²) < 4.78 is 0. The van der Waals surface area contributed by atoms with E-state index in [0.717, 1.165) is 45.6 Å². The fourth-order valence-corrected chi connectivity index (χ4v) is 3.99. The maximum absolute atomic E-state index is 12.1. The molecule has 0 bridgehead atoms. The van der Waals surface area contributed by atoms with Crippen LogP contribution in [0.1, 0.15) is 24.8 Å². The van der Waals surface area contributed by atoms with Crippen LogP contribution in [-0.2, 0) is 11.3 Å². The zero-order valence-corrected chi connectivity index (χ0v) is 13.9. The largest absolute Gasteiger partial charge is 0.340 e. The summed E-state index contributed by atoms with van der Waals surface area (Å²) in [7, 11) is 0. The minimum Gasteiger partial charge on any atom is -0.340 e. The molecular weight excluding hydrogens is 286 g/mol. The van der Waals surface area contributed by atoms with Crippen LogP contribution in [0.3, 0.4) is 0 Å². The first-order valence-corrected chi connectivity index (χ1v) is 9.09. The van der Waals surface area contributed by atoms with Crippen molar-refractivity contribution in [2.45, 2.75) is 31.8 Å². The van der Waals surface area contributed by atoms with E-state index in [0.29, 0.717) is 17.9 Å². The molecule has 3 fully saturated rings. The Morgan fingerprint density at radius 2 is 1.70 bits per heavy atom. The number of hydrogen-bond donors (Lipinski definition) is 0. The molecule has 124 valence electrons. The van der Waals surface area contributed by atoms with Gasteiger partial charge < -0.3 is 4.90 Å². The lowest BCUT2D eigenvalue weighted by molar-refractivity contribution is -0.134. The zero-order chi connectivity index (χ0) is 15.6. The Morgan fingerprint density at radius 3 is 2.39 bits per heavy atom. The van der Waals surface area contributed by atoms with Crippen molar-refractivity contribution >= 4 is 5.91 Å². The Bertz CT molecular complexity index is 535. The van der Waals surface area contributed by atoms with E-state index in [-0.39, 0.29) is 0 Å². The van der Waals surface area contributed by atoms with Crippen LogP contribution in [0, 0.1) is 5.92 Å². The third kappa shape index (κ3) is 3.59. The number of benzene rings is 1. The van der Waals surface area contributed by atoms with E-state index in [9.17, 15) is 4.79 Å². The van der Waals surface area contributed by atoms with Gasteiger partial charge in [-0.25, -0.2) is 0 Å². The van der Waals surface area contributed by atoms with E-state index < -0.39 is 0 Å². The van der Waals surface area contributed by atoms with E-state index in [1.54, 1.807) is 0 Å². The van der Waals surface area contributed by atoms with Crippen molar-refractivity contribution in [3.63, 3.8) is 0 Å². The van der Waals surface area contributed by atoms with Crippen LogP contribution in [0.25, 0.3) is 0 Å². The molecule has 2 heterocycles. The van der Waals surface area contributed by atoms with Gasteiger partial charge in [-0.15, -0.1) is 0 Å². The third-order valence-corrected chi connectivity index (χ3v) is 5.57. The van der Waals surface area contributed by atoms with E-state index in [2.05, 4.69) is 45.0 Å². The lowest BCUT2D eigenvalue weighted by Gasteiger charge is -2.38. The van der Waals surface area contributed by atoms with Crippen molar-refractivity contribution < 1.29 is 4.79 Å². The predicted molar refractivity (Wildman–Crippen MR) is 91.0 cm³/mol. The minimum atomic E-state index is 0.370. The van der Waals surface area contributed by atoms with Crippen LogP contribution in [0.2, 0.25) is 0 Å². The summed E-state index contributed by atoms with van der Waals surface area (Å²) in [6.07, 6.45) is 3.51. The fourth-order valence-electron chi connectivity index (χ4n) is 3.99. The smallest absolute Gasteiger partial charge is 0.225 e. The van der Waals surface area contributed by atoms with Gasteiger partial charge >= 0.3 is 0 Å². The highest BCUT2D eigenvalue weighted by Crippen LogP contribution is 2.31. The quantitative estimate of drug-likeness (QED) is 0.848. The molecular formula is C19H27N3O. The van der Waals surface area contributed by atoms with Gasteiger partial charge in [0.15, 0.2) is 0 Å². The van der Waals surface area contributed by atoms with Crippen LogP contribution >= 0.6 is 0 Å². The van der Waals surface area contributed by atoms with Crippen molar-refractivity contribution in [3.05, 3.63) is 35.9 Å². The highest BCUT2D eigenvalue weighted by Gasteiger charge is 2.36. The number of hydrogen-bond acceptors (Lipinski definition) is 3. The van der Waals surface area contributed by atoms with Crippen molar-refractivity contribution in [3.8, 4) is 0 Å². The van der Waals surface area contributed by atoms with Crippen molar-refractivity contribution in [1.82, 2.24) is 14.7 Å². The van der Waals surface area contributed by atoms with Crippen LogP contribution in [0.15, 0.2) is 30.3 Å². The van der Waals surface area contributed by atoms with Gasteiger partial charge in [0.2, 0.25) is 5.91 Å². The SMILES string of the molecule is O=C(C1CC1)N1CCN([C@@H]2CCN(Cc3ccccc3)C2)CC1. The molecule has 4 heteroatoms. The number of carbonyl (C=O) groups is 1. The predicted octanol–water partition coefficient (Wildman–Crippen LogP) is 1.82. The van der Waals surface area contributed by atoms with Gasteiger partial charge in [0.25, 0.3) is 0 Å². The second-order valence-corrected chi connectivity index (χ2v) is 7.30. The van der Waals surface area contributed by atoms with Gasteiger partial charge in [-0.1, -0.05) is 30.3 Å². The summed E-state index contributed by atoms with van der Waals surface area (Å²) in [5.41, 5.74) is 1.41. The van der Waals surface area contributed by atoms with Crippen LogP contribution in [-0.4, -0.2) is 65.9 Å². The van der Waals surface area contributed by atoms with E-state index in [4.69, 9.17) is 0 Å². The van der Waals surface area contributed by atoms with Crippen LogP contribution < -0.4 is 0 Å². The van der Waals surface area contributed by atoms with E-state index in [1.165, 1.54) is 25.1 Å². The van der Waals surface area contributed by atoms with Crippen molar-refractivity contribution in [2.75, 3.05) is 39.3 Å². The molecule has 1 aromatic carbocycles. The van der Waals surface area contributed by atoms with E-state index >= 15 is 0 Å². The topological polar surface area (TPSA) is 26.8 Å². The average Bonchev–Trinajstić information content (AvgIpc) is 3.35. The number of carbonyl (C=O) groups excluding carboxylic acids is 1. The van der Waals surface area contributed by atoms with Gasteiger partial charge in [-0.2, -0.15) is 0 Å². The minimum absolute atomic E-state index is 0.370. The van der Waals surface area contributed by atoms with Gasteiger partial charge in [-0.05, 0) is 24.8 Å². The lowest BCUT2D eigenvalue weighted by Crippen LogP contribution is -2.52. The molecule has 23 heavy (non-hydrogen) atoms. The van der Waals surface area contributed by atoms with Crippen molar-refractivity contribution in [1.29, 1.82) is 0 Å². The molecule has 1 saturated carbocycles.